The van der Waals surface area contributed by atoms with E-state index < -0.39 is 0 Å². The van der Waals surface area contributed by atoms with E-state index in [1.54, 1.807) is 6.20 Å². The second-order valence-corrected chi connectivity index (χ2v) is 3.45. The number of hydrogen-bond acceptors (Lipinski definition) is 2. The highest BCUT2D eigenvalue weighted by molar-refractivity contribution is 5.78. The monoisotopic (exact) mass is 179 g/mol. The first-order valence-electron chi connectivity index (χ1n) is 4.52. The van der Waals surface area contributed by atoms with Crippen molar-refractivity contribution in [2.24, 2.45) is 7.05 Å². The van der Waals surface area contributed by atoms with E-state index in [0.717, 1.165) is 12.8 Å². The van der Waals surface area contributed by atoms with E-state index in [1.165, 1.54) is 5.69 Å². The normalized spacial score (nSPS) is 21.9. The minimum Gasteiger partial charge on any atom is -0.353 e. The third kappa shape index (κ3) is 1.71. The van der Waals surface area contributed by atoms with Gasteiger partial charge in [0.25, 0.3) is 0 Å². The first-order chi connectivity index (χ1) is 6.25. The van der Waals surface area contributed by atoms with Crippen molar-refractivity contribution in [3.05, 3.63) is 18.0 Å². The molecule has 1 N–H and O–H groups in total. The minimum atomic E-state index is 0.173. The Balaban J connectivity index is 1.99. The highest BCUT2D eigenvalue weighted by atomic mass is 16.1. The molecule has 0 saturated carbocycles. The van der Waals surface area contributed by atoms with E-state index in [9.17, 15) is 4.79 Å². The van der Waals surface area contributed by atoms with Crippen molar-refractivity contribution in [2.75, 3.05) is 0 Å². The van der Waals surface area contributed by atoms with Crippen LogP contribution < -0.4 is 5.32 Å². The Hall–Kier alpha value is -1.32. The van der Waals surface area contributed by atoms with E-state index in [2.05, 4.69) is 10.4 Å². The van der Waals surface area contributed by atoms with E-state index >= 15 is 0 Å². The summed E-state index contributed by atoms with van der Waals surface area (Å²) in [7, 11) is 1.92. The zero-order valence-electron chi connectivity index (χ0n) is 7.66. The van der Waals surface area contributed by atoms with Gasteiger partial charge >= 0.3 is 0 Å². The lowest BCUT2D eigenvalue weighted by Crippen LogP contribution is -2.27. The van der Waals surface area contributed by atoms with Crippen LogP contribution in [0, 0.1) is 0 Å². The van der Waals surface area contributed by atoms with E-state index in [1.807, 2.05) is 17.8 Å². The summed E-state index contributed by atoms with van der Waals surface area (Å²) in [5, 5.41) is 7.02. The Bertz CT molecular complexity index is 318. The Labute approximate surface area is 76.9 Å². The number of amides is 1. The smallest absolute Gasteiger partial charge is 0.220 e. The van der Waals surface area contributed by atoms with Crippen LogP contribution in [0.25, 0.3) is 0 Å². The number of aryl methyl sites for hydroxylation is 1. The van der Waals surface area contributed by atoms with E-state index in [0.29, 0.717) is 12.5 Å². The second-order valence-electron chi connectivity index (χ2n) is 3.45. The average molecular weight is 179 g/mol. The third-order valence-corrected chi connectivity index (χ3v) is 2.46. The number of carbonyl (C=O) groups is 1. The second kappa shape index (κ2) is 3.20. The van der Waals surface area contributed by atoms with Crippen molar-refractivity contribution in [3.8, 4) is 0 Å². The summed E-state index contributed by atoms with van der Waals surface area (Å²) >= 11 is 0. The molecule has 0 aliphatic carbocycles. The lowest BCUT2D eigenvalue weighted by atomic mass is 10.1. The predicted octanol–water partition coefficient (Wildman–Crippen LogP) is 0.241. The molecule has 2 rings (SSSR count). The molecule has 2 heterocycles. The molecule has 1 aromatic heterocycles. The number of aromatic nitrogens is 2. The van der Waals surface area contributed by atoms with Crippen molar-refractivity contribution < 1.29 is 4.79 Å². The van der Waals surface area contributed by atoms with Crippen LogP contribution in [0.5, 0.6) is 0 Å². The number of rotatable bonds is 2. The Morgan fingerprint density at radius 2 is 2.62 bits per heavy atom. The van der Waals surface area contributed by atoms with Crippen molar-refractivity contribution in [3.63, 3.8) is 0 Å². The summed E-state index contributed by atoms with van der Waals surface area (Å²) in [6.45, 7) is 0. The molecule has 0 bridgehead atoms. The maximum atomic E-state index is 10.9. The highest BCUT2D eigenvalue weighted by Crippen LogP contribution is 2.11. The van der Waals surface area contributed by atoms with Crippen molar-refractivity contribution in [1.82, 2.24) is 15.1 Å². The quantitative estimate of drug-likeness (QED) is 0.707. The molecular formula is C9H13N3O. The zero-order chi connectivity index (χ0) is 9.26. The van der Waals surface area contributed by atoms with Gasteiger partial charge in [-0.1, -0.05) is 0 Å². The standard InChI is InChI=1S/C9H13N3O/c1-12-8(4-5-10-12)6-7-2-3-9(13)11-7/h4-5,7H,2-3,6H2,1H3,(H,11,13). The van der Waals surface area contributed by atoms with Crippen LogP contribution in [-0.2, 0) is 18.3 Å². The topological polar surface area (TPSA) is 46.9 Å². The van der Waals surface area contributed by atoms with Gasteiger partial charge in [0.15, 0.2) is 0 Å². The van der Waals surface area contributed by atoms with Crippen LogP contribution in [0.4, 0.5) is 0 Å². The van der Waals surface area contributed by atoms with Crippen LogP contribution >= 0.6 is 0 Å². The molecule has 0 aromatic carbocycles. The first-order valence-corrected chi connectivity index (χ1v) is 4.52. The van der Waals surface area contributed by atoms with Crippen LogP contribution in [0.3, 0.4) is 0 Å². The van der Waals surface area contributed by atoms with Gasteiger partial charge in [-0.05, 0) is 12.5 Å². The molecular weight excluding hydrogens is 166 g/mol. The maximum absolute atomic E-state index is 10.9. The van der Waals surface area contributed by atoms with Gasteiger partial charge in [-0.2, -0.15) is 5.10 Å². The van der Waals surface area contributed by atoms with Crippen LogP contribution in [0.1, 0.15) is 18.5 Å². The molecule has 1 aliphatic heterocycles. The summed E-state index contributed by atoms with van der Waals surface area (Å²) in [6, 6.07) is 2.30. The molecule has 1 unspecified atom stereocenters. The molecule has 1 aliphatic rings. The van der Waals surface area contributed by atoms with Crippen LogP contribution in [0.2, 0.25) is 0 Å². The van der Waals surface area contributed by atoms with Crippen LogP contribution in [0.15, 0.2) is 12.3 Å². The fourth-order valence-electron chi connectivity index (χ4n) is 1.68. The fourth-order valence-corrected chi connectivity index (χ4v) is 1.68. The molecule has 0 radical (unpaired) electrons. The SMILES string of the molecule is Cn1nccc1CC1CCC(=O)N1. The third-order valence-electron chi connectivity index (χ3n) is 2.46. The maximum Gasteiger partial charge on any atom is 0.220 e. The molecule has 13 heavy (non-hydrogen) atoms. The molecule has 1 fully saturated rings. The van der Waals surface area contributed by atoms with Gasteiger partial charge < -0.3 is 5.32 Å². The summed E-state index contributed by atoms with van der Waals surface area (Å²) in [4.78, 5) is 10.9. The van der Waals surface area contributed by atoms with Crippen molar-refractivity contribution in [2.45, 2.75) is 25.3 Å². The highest BCUT2D eigenvalue weighted by Gasteiger charge is 2.21. The van der Waals surface area contributed by atoms with Gasteiger partial charge in [0.05, 0.1) is 0 Å². The predicted molar refractivity (Wildman–Crippen MR) is 48.1 cm³/mol. The molecule has 0 spiro atoms. The molecule has 70 valence electrons. The summed E-state index contributed by atoms with van der Waals surface area (Å²) < 4.78 is 1.85. The minimum absolute atomic E-state index is 0.173. The number of carbonyl (C=O) groups excluding carboxylic acids is 1. The van der Waals surface area contributed by atoms with E-state index in [4.69, 9.17) is 0 Å². The Morgan fingerprint density at radius 3 is 3.15 bits per heavy atom. The molecule has 4 nitrogen and oxygen atoms in total. The lowest BCUT2D eigenvalue weighted by molar-refractivity contribution is -0.119. The molecule has 1 amide bonds. The molecule has 1 atom stereocenters. The largest absolute Gasteiger partial charge is 0.353 e. The lowest BCUT2D eigenvalue weighted by Gasteiger charge is -2.09. The number of hydrogen-bond donors (Lipinski definition) is 1. The summed E-state index contributed by atoms with van der Waals surface area (Å²) in [6.07, 6.45) is 4.29. The van der Waals surface area contributed by atoms with Gasteiger partial charge in [-0.25, -0.2) is 0 Å². The Morgan fingerprint density at radius 1 is 1.77 bits per heavy atom. The molecule has 1 aromatic rings. The van der Waals surface area contributed by atoms with Crippen LogP contribution in [-0.4, -0.2) is 21.7 Å². The first kappa shape index (κ1) is 8.29. The van der Waals surface area contributed by atoms with Crippen molar-refractivity contribution in [1.29, 1.82) is 0 Å². The summed E-state index contributed by atoms with van der Waals surface area (Å²) in [5.41, 5.74) is 1.17. The number of nitrogens with zero attached hydrogens (tertiary/aromatic N) is 2. The summed E-state index contributed by atoms with van der Waals surface area (Å²) in [5.74, 6) is 0.173. The van der Waals surface area contributed by atoms with Gasteiger partial charge in [-0.15, -0.1) is 0 Å². The molecule has 4 heteroatoms. The van der Waals surface area contributed by atoms with Gasteiger partial charge in [0.1, 0.15) is 0 Å². The van der Waals surface area contributed by atoms with Gasteiger partial charge in [-0.3, -0.25) is 9.48 Å². The zero-order valence-corrected chi connectivity index (χ0v) is 7.66. The molecule has 1 saturated heterocycles. The van der Waals surface area contributed by atoms with Crippen molar-refractivity contribution >= 4 is 5.91 Å². The number of nitrogens with one attached hydrogen (secondary N) is 1. The average Bonchev–Trinajstić information content (AvgIpc) is 2.64. The fraction of sp³-hybridized carbons (Fsp3) is 0.556. The van der Waals surface area contributed by atoms with Gasteiger partial charge in [0, 0.05) is 37.8 Å². The Kier molecular flexibility index (Phi) is 2.04. The van der Waals surface area contributed by atoms with E-state index in [-0.39, 0.29) is 5.91 Å². The van der Waals surface area contributed by atoms with Gasteiger partial charge in [0.2, 0.25) is 5.91 Å².